The third-order valence-electron chi connectivity index (χ3n) is 13.3. The number of benzene rings is 2. The molecule has 0 unspecified atom stereocenters. The van der Waals surface area contributed by atoms with Gasteiger partial charge in [-0.2, -0.15) is 0 Å². The first-order chi connectivity index (χ1) is 21.0. The maximum atomic E-state index is 14.3. The number of rotatable bonds is 6. The second-order valence-electron chi connectivity index (χ2n) is 18.4. The van der Waals surface area contributed by atoms with Gasteiger partial charge in [-0.3, -0.25) is 0 Å². The fourth-order valence-electron chi connectivity index (χ4n) is 7.67. The molecule has 0 amide bonds. The van der Waals surface area contributed by atoms with Gasteiger partial charge in [0.25, 0.3) is 0 Å². The Bertz CT molecular complexity index is 1280. The van der Waals surface area contributed by atoms with Crippen LogP contribution in [0, 0.1) is 0 Å². The predicted molar refractivity (Wildman–Crippen MR) is 191 cm³/mol. The van der Waals surface area contributed by atoms with Crippen molar-refractivity contribution in [2.75, 3.05) is 0 Å². The van der Waals surface area contributed by atoms with Crippen molar-refractivity contribution < 1.29 is 19.3 Å². The van der Waals surface area contributed by atoms with Crippen LogP contribution >= 0.6 is 0 Å². The molecular weight excluding hydrogens is 605 g/mol. The van der Waals surface area contributed by atoms with Crippen molar-refractivity contribution in [3.05, 3.63) is 59.7 Å². The summed E-state index contributed by atoms with van der Waals surface area (Å²) in [5.74, 6) is 1.78. The van der Waals surface area contributed by atoms with E-state index in [0.29, 0.717) is 0 Å². The topological polar surface area (TPSA) is 64.7 Å². The van der Waals surface area contributed by atoms with Crippen LogP contribution < -0.4 is 8.85 Å². The largest absolute Gasteiger partial charge is 0.544 e. The minimum atomic E-state index is -1.94. The van der Waals surface area contributed by atoms with Crippen LogP contribution in [0.25, 0.3) is 0 Å². The highest BCUT2D eigenvalue weighted by Crippen LogP contribution is 2.59. The van der Waals surface area contributed by atoms with Crippen molar-refractivity contribution in [2.24, 2.45) is 0 Å². The Hall–Kier alpha value is -1.69. The summed E-state index contributed by atoms with van der Waals surface area (Å²) in [4.78, 5) is 0. The highest BCUT2D eigenvalue weighted by molar-refractivity contribution is 6.75. The van der Waals surface area contributed by atoms with Gasteiger partial charge in [-0.25, -0.2) is 0 Å². The number of hydrogen-bond donors (Lipinski definition) is 0. The molecule has 2 aromatic carbocycles. The van der Waals surface area contributed by atoms with Gasteiger partial charge in [0.2, 0.25) is 16.6 Å². The van der Waals surface area contributed by atoms with Crippen LogP contribution in [0.1, 0.15) is 118 Å². The van der Waals surface area contributed by atoms with E-state index in [9.17, 15) is 10.4 Å². The van der Waals surface area contributed by atoms with Crippen molar-refractivity contribution in [1.29, 1.82) is 0 Å². The summed E-state index contributed by atoms with van der Waals surface area (Å²) in [7, 11) is -3.87. The van der Waals surface area contributed by atoms with Gasteiger partial charge in [-0.15, -0.1) is 20.5 Å². The van der Waals surface area contributed by atoms with E-state index in [-0.39, 0.29) is 10.1 Å². The number of hydroxylamine groups is 4. The summed E-state index contributed by atoms with van der Waals surface area (Å²) in [6, 6.07) is 16.6. The lowest BCUT2D eigenvalue weighted by Crippen LogP contribution is -2.57. The molecular formula is C38H60N2O4Si2. The van der Waals surface area contributed by atoms with Crippen LogP contribution in [-0.2, 0) is 21.5 Å². The fraction of sp³-hybridized carbons (Fsp3) is 0.684. The Balaban J connectivity index is 1.26. The Morgan fingerprint density at radius 3 is 1.04 bits per heavy atom. The highest BCUT2D eigenvalue weighted by Gasteiger charge is 2.61. The molecule has 3 fully saturated rings. The summed E-state index contributed by atoms with van der Waals surface area (Å²) >= 11 is 0. The van der Waals surface area contributed by atoms with Gasteiger partial charge in [-0.05, 0) is 137 Å². The fourth-order valence-corrected chi connectivity index (χ4v) is 9.74. The summed E-state index contributed by atoms with van der Waals surface area (Å²) < 4.78 is 13.0. The Morgan fingerprint density at radius 2 is 0.783 bits per heavy atom. The Kier molecular flexibility index (Phi) is 8.86. The predicted octanol–water partition coefficient (Wildman–Crippen LogP) is 10.5. The lowest BCUT2D eigenvalue weighted by Gasteiger charge is -2.49. The molecule has 0 bridgehead atoms. The van der Waals surface area contributed by atoms with Gasteiger partial charge >= 0.3 is 0 Å². The lowest BCUT2D eigenvalue weighted by molar-refractivity contribution is -0.295. The molecule has 6 nitrogen and oxygen atoms in total. The maximum Gasteiger partial charge on any atom is 0.250 e. The Morgan fingerprint density at radius 1 is 0.522 bits per heavy atom. The van der Waals surface area contributed by atoms with E-state index in [0.717, 1.165) is 74.0 Å². The van der Waals surface area contributed by atoms with Gasteiger partial charge in [0, 0.05) is 0 Å². The van der Waals surface area contributed by atoms with Crippen molar-refractivity contribution in [2.45, 2.75) is 165 Å². The molecule has 2 saturated heterocycles. The first-order valence-electron chi connectivity index (χ1n) is 17.5. The SMILES string of the molecule is CC(C)(C)[Si](C)(C)Oc1ccc([C@@]2(C)CCC3(CCC4(CC3)CC[C@](C)(c3ccc(O[Si](C)(C)C(C)(C)C)cc3)N4[O])N2[O])cc1. The van der Waals surface area contributed by atoms with Crippen LogP contribution in [0.5, 0.6) is 11.5 Å². The van der Waals surface area contributed by atoms with E-state index < -0.39 is 38.8 Å². The van der Waals surface area contributed by atoms with Crippen LogP contribution in [-0.4, -0.2) is 37.8 Å². The molecule has 2 spiro atoms. The number of hydrogen-bond acceptors (Lipinski definition) is 4. The average Bonchev–Trinajstić information content (AvgIpc) is 3.36. The standard InChI is InChI=1S/C38H60N2O4Si2/c1-33(2,3)45(9,10)43-31-17-13-29(14-18-31)35(7)21-23-37(39(35)41)25-27-38(28-26-37)24-22-36(8,40(38)42)30-15-19-32(20-16-30)44-46(11,12)34(4,5)6/h13-20H,21-28H2,1-12H3/t35-,36-,37?,38?/m1/s1. The van der Waals surface area contributed by atoms with Crippen LogP contribution in [0.2, 0.25) is 36.3 Å². The third kappa shape index (κ3) is 5.93. The molecule has 0 N–H and O–H groups in total. The van der Waals surface area contributed by atoms with E-state index in [1.54, 1.807) is 0 Å². The summed E-state index contributed by atoms with van der Waals surface area (Å²) in [5, 5.41) is 31.6. The second-order valence-corrected chi connectivity index (χ2v) is 27.8. The summed E-state index contributed by atoms with van der Waals surface area (Å²) in [5.41, 5.74) is 0.160. The smallest absolute Gasteiger partial charge is 0.250 e. The zero-order valence-electron chi connectivity index (χ0n) is 30.8. The molecule has 1 saturated carbocycles. The maximum absolute atomic E-state index is 14.3. The van der Waals surface area contributed by atoms with E-state index in [4.69, 9.17) is 8.85 Å². The molecule has 0 aromatic heterocycles. The molecule has 5 rings (SSSR count). The molecule has 2 heterocycles. The van der Waals surface area contributed by atoms with Gasteiger partial charge in [0.15, 0.2) is 0 Å². The van der Waals surface area contributed by atoms with Crippen molar-refractivity contribution in [3.8, 4) is 11.5 Å². The minimum Gasteiger partial charge on any atom is -0.544 e. The third-order valence-corrected chi connectivity index (χ3v) is 22.1. The van der Waals surface area contributed by atoms with Gasteiger partial charge < -0.3 is 8.85 Å². The first-order valence-corrected chi connectivity index (χ1v) is 23.4. The molecule has 46 heavy (non-hydrogen) atoms. The summed E-state index contributed by atoms with van der Waals surface area (Å²) in [6.45, 7) is 26.7. The summed E-state index contributed by atoms with van der Waals surface area (Å²) in [6.07, 6.45) is 6.48. The van der Waals surface area contributed by atoms with E-state index >= 15 is 0 Å². The quantitative estimate of drug-likeness (QED) is 0.288. The second kappa shape index (κ2) is 11.4. The monoisotopic (exact) mass is 664 g/mol. The first kappa shape index (κ1) is 35.6. The van der Waals surface area contributed by atoms with Crippen LogP contribution in [0.15, 0.2) is 48.5 Å². The lowest BCUT2D eigenvalue weighted by atomic mass is 9.71. The zero-order valence-corrected chi connectivity index (χ0v) is 32.8. The van der Waals surface area contributed by atoms with Crippen molar-refractivity contribution in [1.82, 2.24) is 10.1 Å². The van der Waals surface area contributed by atoms with Crippen molar-refractivity contribution >= 4 is 16.6 Å². The normalized spacial score (nSPS) is 31.6. The van der Waals surface area contributed by atoms with E-state index in [1.807, 2.05) is 0 Å². The molecule has 2 radical (unpaired) electrons. The number of nitrogens with zero attached hydrogens (tertiary/aromatic N) is 2. The van der Waals surface area contributed by atoms with E-state index in [1.165, 1.54) is 10.1 Å². The molecule has 254 valence electrons. The molecule has 1 aliphatic carbocycles. The molecule has 2 atom stereocenters. The average molecular weight is 665 g/mol. The molecule has 3 aliphatic rings. The Labute approximate surface area is 281 Å². The van der Waals surface area contributed by atoms with Crippen LogP contribution in [0.4, 0.5) is 0 Å². The van der Waals surface area contributed by atoms with E-state index in [2.05, 4.69) is 130 Å². The molecule has 2 aliphatic heterocycles. The highest BCUT2D eigenvalue weighted by atomic mass is 28.4. The molecule has 2 aromatic rings. The zero-order chi connectivity index (χ0) is 34.2. The van der Waals surface area contributed by atoms with Crippen LogP contribution in [0.3, 0.4) is 0 Å². The van der Waals surface area contributed by atoms with Gasteiger partial charge in [0.05, 0.1) is 22.2 Å². The van der Waals surface area contributed by atoms with Gasteiger partial charge in [-0.1, -0.05) is 65.8 Å². The van der Waals surface area contributed by atoms with Gasteiger partial charge in [0.1, 0.15) is 11.5 Å². The molecule has 8 heteroatoms. The minimum absolute atomic E-state index is 0.125. The van der Waals surface area contributed by atoms with Crippen molar-refractivity contribution in [3.63, 3.8) is 0 Å².